The summed E-state index contributed by atoms with van der Waals surface area (Å²) in [4.78, 5) is 15.4. The number of nitrogens with two attached hydrogens (primary N) is 1. The van der Waals surface area contributed by atoms with Crippen LogP contribution < -0.4 is 11.1 Å². The van der Waals surface area contributed by atoms with Crippen LogP contribution in [0.15, 0.2) is 48.7 Å². The van der Waals surface area contributed by atoms with Gasteiger partial charge in [0.15, 0.2) is 0 Å². The number of nitrogens with one attached hydrogen (secondary N) is 1. The van der Waals surface area contributed by atoms with Crippen LogP contribution in [0, 0.1) is 23.6 Å². The largest absolute Gasteiger partial charge is 0.465 e. The number of aromatic nitrogens is 1. The predicted molar refractivity (Wildman–Crippen MR) is 111 cm³/mol. The second-order valence-electron chi connectivity index (χ2n) is 8.20. The normalized spacial score (nSPS) is 29.0. The molecule has 2 aromatic rings. The summed E-state index contributed by atoms with van der Waals surface area (Å²) in [6.45, 7) is 0. The van der Waals surface area contributed by atoms with Gasteiger partial charge in [0.1, 0.15) is 5.82 Å². The van der Waals surface area contributed by atoms with E-state index in [1.807, 2.05) is 24.3 Å². The van der Waals surface area contributed by atoms with Crippen LogP contribution in [-0.2, 0) is 0 Å². The maximum absolute atomic E-state index is 13.4. The summed E-state index contributed by atoms with van der Waals surface area (Å²) in [6, 6.07) is 10.5. The fraction of sp³-hybridized carbons (Fsp3) is 0.391. The quantitative estimate of drug-likeness (QED) is 0.720. The average Bonchev–Trinajstić information content (AvgIpc) is 3.00. The summed E-state index contributed by atoms with van der Waals surface area (Å²) in [7, 11) is 0. The van der Waals surface area contributed by atoms with Crippen LogP contribution in [0.3, 0.4) is 0 Å². The lowest BCUT2D eigenvalue weighted by molar-refractivity contribution is 0.169. The number of benzene rings is 1. The fourth-order valence-electron chi connectivity index (χ4n) is 5.03. The standard InChI is InChI=1S/C23H26FN3O2/c24-17-3-1-2-14(10-17)15-4-5-18(26-13-15)6-9-21-20-8-7-19(27-23(28)29)11-16(20)12-22(21)25/h1-6,9-10,13,16,19-22,27H,7-8,11-12,25H2,(H,28,29)/t16-,19?,20-,21+,22+/m1/s1. The van der Waals surface area contributed by atoms with E-state index < -0.39 is 6.09 Å². The first-order valence-corrected chi connectivity index (χ1v) is 10.1. The predicted octanol–water partition coefficient (Wildman–Crippen LogP) is 4.30. The lowest BCUT2D eigenvalue weighted by Crippen LogP contribution is -2.39. The van der Waals surface area contributed by atoms with Crippen molar-refractivity contribution in [2.24, 2.45) is 23.5 Å². The highest BCUT2D eigenvalue weighted by Gasteiger charge is 2.43. The van der Waals surface area contributed by atoms with Crippen LogP contribution in [0.1, 0.15) is 31.4 Å². The van der Waals surface area contributed by atoms with Crippen molar-refractivity contribution in [2.75, 3.05) is 0 Å². The molecule has 1 unspecified atom stereocenters. The second-order valence-corrected chi connectivity index (χ2v) is 8.20. The molecule has 1 amide bonds. The third-order valence-electron chi connectivity index (χ3n) is 6.37. The molecule has 0 spiro atoms. The monoisotopic (exact) mass is 395 g/mol. The van der Waals surface area contributed by atoms with Crippen LogP contribution in [0.4, 0.5) is 9.18 Å². The Morgan fingerprint density at radius 3 is 2.79 bits per heavy atom. The molecule has 29 heavy (non-hydrogen) atoms. The van der Waals surface area contributed by atoms with E-state index in [9.17, 15) is 9.18 Å². The van der Waals surface area contributed by atoms with Gasteiger partial charge in [0.25, 0.3) is 0 Å². The highest BCUT2D eigenvalue weighted by Crippen LogP contribution is 2.46. The fourth-order valence-corrected chi connectivity index (χ4v) is 5.03. The Kier molecular flexibility index (Phi) is 5.62. The highest BCUT2D eigenvalue weighted by molar-refractivity contribution is 5.65. The third-order valence-corrected chi connectivity index (χ3v) is 6.37. The van der Waals surface area contributed by atoms with E-state index in [1.165, 1.54) is 12.1 Å². The molecule has 4 rings (SSSR count). The molecule has 5 nitrogen and oxygen atoms in total. The molecule has 0 saturated heterocycles. The SMILES string of the molecule is N[C@H]1C[C@H]2CC(NC(=O)O)CC[C@H]2[C@@H]1C=Cc1ccc(-c2cccc(F)c2)cn1. The van der Waals surface area contributed by atoms with Crippen LogP contribution in [0.5, 0.6) is 0 Å². The number of amides is 1. The Balaban J connectivity index is 1.42. The molecule has 152 valence electrons. The molecule has 2 saturated carbocycles. The smallest absolute Gasteiger partial charge is 0.404 e. The zero-order valence-electron chi connectivity index (χ0n) is 16.2. The molecule has 1 aromatic heterocycles. The van der Waals surface area contributed by atoms with Crippen LogP contribution >= 0.6 is 0 Å². The number of halogens is 1. The van der Waals surface area contributed by atoms with Crippen molar-refractivity contribution in [2.45, 2.75) is 37.8 Å². The third kappa shape index (κ3) is 4.48. The lowest BCUT2D eigenvalue weighted by Gasteiger charge is -2.33. The van der Waals surface area contributed by atoms with E-state index in [0.29, 0.717) is 11.8 Å². The maximum Gasteiger partial charge on any atom is 0.404 e. The molecule has 6 heteroatoms. The Bertz CT molecular complexity index is 899. The number of pyridine rings is 1. The van der Waals surface area contributed by atoms with Gasteiger partial charge in [-0.15, -0.1) is 0 Å². The van der Waals surface area contributed by atoms with E-state index >= 15 is 0 Å². The Morgan fingerprint density at radius 1 is 1.21 bits per heavy atom. The van der Waals surface area contributed by atoms with Crippen LogP contribution in [-0.4, -0.2) is 28.3 Å². The average molecular weight is 395 g/mol. The first-order chi connectivity index (χ1) is 14.0. The number of carboxylic acid groups (broad SMARTS) is 1. The summed E-state index contributed by atoms with van der Waals surface area (Å²) >= 11 is 0. The minimum absolute atomic E-state index is 0.0423. The molecule has 2 aliphatic rings. The van der Waals surface area contributed by atoms with Gasteiger partial charge in [0.2, 0.25) is 0 Å². The van der Waals surface area contributed by atoms with E-state index in [-0.39, 0.29) is 23.8 Å². The van der Waals surface area contributed by atoms with Gasteiger partial charge < -0.3 is 16.2 Å². The number of nitrogens with zero attached hydrogens (tertiary/aromatic N) is 1. The Hall–Kier alpha value is -2.73. The maximum atomic E-state index is 13.4. The summed E-state index contributed by atoms with van der Waals surface area (Å²) in [6.07, 6.45) is 8.66. The Morgan fingerprint density at radius 2 is 2.07 bits per heavy atom. The summed E-state index contributed by atoms with van der Waals surface area (Å²) in [5, 5.41) is 11.6. The van der Waals surface area contributed by atoms with E-state index in [1.54, 1.807) is 12.3 Å². The van der Waals surface area contributed by atoms with Gasteiger partial charge in [0.05, 0.1) is 5.69 Å². The summed E-state index contributed by atoms with van der Waals surface area (Å²) in [5.74, 6) is 0.994. The molecule has 0 aliphatic heterocycles. The molecule has 1 heterocycles. The highest BCUT2D eigenvalue weighted by atomic mass is 19.1. The van der Waals surface area contributed by atoms with E-state index in [4.69, 9.17) is 10.8 Å². The van der Waals surface area contributed by atoms with Gasteiger partial charge in [-0.25, -0.2) is 9.18 Å². The number of rotatable bonds is 4. The topological polar surface area (TPSA) is 88.2 Å². The molecule has 5 atom stereocenters. The van der Waals surface area contributed by atoms with Crippen molar-refractivity contribution in [3.63, 3.8) is 0 Å². The molecule has 4 N–H and O–H groups in total. The van der Waals surface area contributed by atoms with Gasteiger partial charge in [-0.2, -0.15) is 0 Å². The number of hydrogen-bond acceptors (Lipinski definition) is 3. The molecule has 2 fully saturated rings. The lowest BCUT2D eigenvalue weighted by atomic mass is 9.75. The molecular weight excluding hydrogens is 369 g/mol. The summed E-state index contributed by atoms with van der Waals surface area (Å²) < 4.78 is 13.4. The molecule has 0 radical (unpaired) electrons. The zero-order chi connectivity index (χ0) is 20.4. The van der Waals surface area contributed by atoms with Crippen LogP contribution in [0.2, 0.25) is 0 Å². The molecule has 0 bridgehead atoms. The van der Waals surface area contributed by atoms with Crippen molar-refractivity contribution in [1.82, 2.24) is 10.3 Å². The van der Waals surface area contributed by atoms with Crippen molar-refractivity contribution in [1.29, 1.82) is 0 Å². The van der Waals surface area contributed by atoms with Gasteiger partial charge in [-0.05, 0) is 73.3 Å². The molecule has 1 aromatic carbocycles. The molecule has 2 aliphatic carbocycles. The number of carbonyl (C=O) groups is 1. The second kappa shape index (κ2) is 8.33. The van der Waals surface area contributed by atoms with Crippen LogP contribution in [0.25, 0.3) is 17.2 Å². The van der Waals surface area contributed by atoms with Gasteiger partial charge in [-0.3, -0.25) is 4.98 Å². The minimum Gasteiger partial charge on any atom is -0.465 e. The Labute approximate surface area is 169 Å². The zero-order valence-corrected chi connectivity index (χ0v) is 16.2. The van der Waals surface area contributed by atoms with Crippen molar-refractivity contribution in [3.8, 4) is 11.1 Å². The minimum atomic E-state index is -0.944. The summed E-state index contributed by atoms with van der Waals surface area (Å²) in [5.41, 5.74) is 8.95. The number of fused-ring (bicyclic) bond motifs is 1. The van der Waals surface area contributed by atoms with Crippen molar-refractivity contribution < 1.29 is 14.3 Å². The van der Waals surface area contributed by atoms with Crippen molar-refractivity contribution >= 4 is 12.2 Å². The first-order valence-electron chi connectivity index (χ1n) is 10.1. The van der Waals surface area contributed by atoms with E-state index in [0.717, 1.165) is 42.5 Å². The first kappa shape index (κ1) is 19.6. The van der Waals surface area contributed by atoms with Gasteiger partial charge in [0, 0.05) is 23.8 Å². The van der Waals surface area contributed by atoms with Crippen molar-refractivity contribution in [3.05, 3.63) is 60.2 Å². The number of hydrogen-bond donors (Lipinski definition) is 3. The van der Waals surface area contributed by atoms with E-state index in [2.05, 4.69) is 16.4 Å². The molecular formula is C23H26FN3O2. The van der Waals surface area contributed by atoms with Gasteiger partial charge >= 0.3 is 6.09 Å². The van der Waals surface area contributed by atoms with Gasteiger partial charge in [-0.1, -0.05) is 24.3 Å².